The highest BCUT2D eigenvalue weighted by Gasteiger charge is 2.20. The Hall–Kier alpha value is -1.94. The van der Waals surface area contributed by atoms with E-state index in [-0.39, 0.29) is 12.2 Å². The van der Waals surface area contributed by atoms with Crippen molar-refractivity contribution < 1.29 is 13.9 Å². The van der Waals surface area contributed by atoms with Gasteiger partial charge in [0.15, 0.2) is 0 Å². The van der Waals surface area contributed by atoms with Gasteiger partial charge in [-0.1, -0.05) is 30.3 Å². The van der Waals surface area contributed by atoms with E-state index in [0.29, 0.717) is 11.1 Å². The van der Waals surface area contributed by atoms with E-state index in [9.17, 15) is 9.18 Å². The number of benzene rings is 1. The molecule has 0 saturated heterocycles. The van der Waals surface area contributed by atoms with Crippen LogP contribution < -0.4 is 0 Å². The highest BCUT2D eigenvalue weighted by Crippen LogP contribution is 2.29. The molecule has 4 heteroatoms. The number of hydrogen-bond acceptors (Lipinski definition) is 3. The topological polar surface area (TPSA) is 26.3 Å². The molecule has 2 nitrogen and oxygen atoms in total. The molecule has 0 radical (unpaired) electrons. The van der Waals surface area contributed by atoms with Crippen LogP contribution in [0, 0.1) is 0 Å². The smallest absolute Gasteiger partial charge is 0.341 e. The van der Waals surface area contributed by atoms with Gasteiger partial charge >= 0.3 is 5.97 Å². The van der Waals surface area contributed by atoms with Gasteiger partial charge in [-0.05, 0) is 23.9 Å². The summed E-state index contributed by atoms with van der Waals surface area (Å²) in [5, 5.41) is 3.43. The molecule has 0 spiro atoms. The lowest BCUT2D eigenvalue weighted by Crippen LogP contribution is -2.08. The SMILES string of the molecule is CCOC(=O)/C(=C(/F)c1ccsc1)c1ccccc1. The van der Waals surface area contributed by atoms with Gasteiger partial charge in [0.25, 0.3) is 0 Å². The molecule has 1 aromatic carbocycles. The standard InChI is InChI=1S/C15H13FO2S/c1-2-18-15(17)13(11-6-4-3-5-7-11)14(16)12-8-9-19-10-12/h3-10H,2H2,1H3/b14-13+. The van der Waals surface area contributed by atoms with Crippen molar-refractivity contribution in [2.24, 2.45) is 0 Å². The zero-order valence-electron chi connectivity index (χ0n) is 10.4. The van der Waals surface area contributed by atoms with E-state index in [1.807, 2.05) is 6.07 Å². The Morgan fingerprint density at radius 2 is 1.95 bits per heavy atom. The minimum atomic E-state index is -0.641. The molecule has 0 aliphatic rings. The minimum Gasteiger partial charge on any atom is -0.462 e. The second kappa shape index (κ2) is 6.29. The van der Waals surface area contributed by atoms with E-state index in [0.717, 1.165) is 0 Å². The first-order valence-corrected chi connectivity index (χ1v) is 6.83. The first-order chi connectivity index (χ1) is 9.24. The molecule has 0 N–H and O–H groups in total. The van der Waals surface area contributed by atoms with Crippen molar-refractivity contribution in [1.82, 2.24) is 0 Å². The summed E-state index contributed by atoms with van der Waals surface area (Å²) in [6.07, 6.45) is 0. The van der Waals surface area contributed by atoms with Crippen LogP contribution in [0.4, 0.5) is 4.39 Å². The molecule has 0 fully saturated rings. The molecule has 1 aromatic heterocycles. The molecular formula is C15H13FO2S. The van der Waals surface area contributed by atoms with Gasteiger partial charge in [0.1, 0.15) is 11.4 Å². The number of rotatable bonds is 4. The fraction of sp³-hybridized carbons (Fsp3) is 0.133. The van der Waals surface area contributed by atoms with Gasteiger partial charge in [0, 0.05) is 10.9 Å². The number of carbonyl (C=O) groups is 1. The Morgan fingerprint density at radius 3 is 2.53 bits per heavy atom. The zero-order chi connectivity index (χ0) is 13.7. The van der Waals surface area contributed by atoms with Crippen molar-refractivity contribution in [3.63, 3.8) is 0 Å². The summed E-state index contributed by atoms with van der Waals surface area (Å²) >= 11 is 1.38. The van der Waals surface area contributed by atoms with Crippen LogP contribution in [0.5, 0.6) is 0 Å². The molecule has 0 atom stereocenters. The van der Waals surface area contributed by atoms with E-state index in [1.165, 1.54) is 11.3 Å². The van der Waals surface area contributed by atoms with E-state index in [2.05, 4.69) is 0 Å². The molecule has 19 heavy (non-hydrogen) atoms. The zero-order valence-corrected chi connectivity index (χ0v) is 11.2. The van der Waals surface area contributed by atoms with Crippen LogP contribution in [-0.2, 0) is 9.53 Å². The van der Waals surface area contributed by atoms with Crippen LogP contribution in [-0.4, -0.2) is 12.6 Å². The monoisotopic (exact) mass is 276 g/mol. The van der Waals surface area contributed by atoms with Gasteiger partial charge in [0.05, 0.1) is 6.61 Å². The van der Waals surface area contributed by atoms with Gasteiger partial charge in [-0.2, -0.15) is 11.3 Å². The van der Waals surface area contributed by atoms with E-state index in [4.69, 9.17) is 4.74 Å². The highest BCUT2D eigenvalue weighted by molar-refractivity contribution is 7.08. The lowest BCUT2D eigenvalue weighted by atomic mass is 10.0. The van der Waals surface area contributed by atoms with Crippen LogP contribution in [0.3, 0.4) is 0 Å². The van der Waals surface area contributed by atoms with Gasteiger partial charge in [-0.3, -0.25) is 0 Å². The summed E-state index contributed by atoms with van der Waals surface area (Å²) in [4.78, 5) is 12.0. The maximum atomic E-state index is 14.5. The average molecular weight is 276 g/mol. The molecule has 0 aliphatic carbocycles. The molecule has 0 bridgehead atoms. The molecule has 1 heterocycles. The first-order valence-electron chi connectivity index (χ1n) is 5.89. The summed E-state index contributed by atoms with van der Waals surface area (Å²) in [6.45, 7) is 1.91. The maximum Gasteiger partial charge on any atom is 0.341 e. The summed E-state index contributed by atoms with van der Waals surface area (Å²) in [5.41, 5.74) is 0.891. The highest BCUT2D eigenvalue weighted by atomic mass is 32.1. The molecular weight excluding hydrogens is 263 g/mol. The minimum absolute atomic E-state index is 0.0270. The Balaban J connectivity index is 2.52. The van der Waals surface area contributed by atoms with Crippen LogP contribution in [0.1, 0.15) is 18.1 Å². The van der Waals surface area contributed by atoms with E-state index in [1.54, 1.807) is 48.0 Å². The Labute approximate surface area is 115 Å². The molecule has 2 rings (SSSR count). The fourth-order valence-electron chi connectivity index (χ4n) is 1.68. The number of hydrogen-bond donors (Lipinski definition) is 0. The van der Waals surface area contributed by atoms with Crippen LogP contribution in [0.2, 0.25) is 0 Å². The molecule has 2 aromatic rings. The Morgan fingerprint density at radius 1 is 1.21 bits per heavy atom. The quantitative estimate of drug-likeness (QED) is 0.619. The lowest BCUT2D eigenvalue weighted by molar-refractivity contribution is -0.136. The third kappa shape index (κ3) is 3.09. The molecule has 0 unspecified atom stereocenters. The Kier molecular flexibility index (Phi) is 4.47. The summed E-state index contributed by atoms with van der Waals surface area (Å²) in [6, 6.07) is 10.4. The Bertz CT molecular complexity index is 573. The van der Waals surface area contributed by atoms with Gasteiger partial charge in [-0.15, -0.1) is 0 Å². The molecule has 0 aliphatic heterocycles. The summed E-state index contributed by atoms with van der Waals surface area (Å²) < 4.78 is 19.4. The maximum absolute atomic E-state index is 14.5. The van der Waals surface area contributed by atoms with Crippen LogP contribution >= 0.6 is 11.3 Å². The van der Waals surface area contributed by atoms with E-state index >= 15 is 0 Å². The van der Waals surface area contributed by atoms with Gasteiger partial charge in [0.2, 0.25) is 0 Å². The van der Waals surface area contributed by atoms with Crippen LogP contribution in [0.15, 0.2) is 47.2 Å². The normalized spacial score (nSPS) is 11.9. The van der Waals surface area contributed by atoms with Gasteiger partial charge in [-0.25, -0.2) is 9.18 Å². The molecule has 98 valence electrons. The van der Waals surface area contributed by atoms with Crippen LogP contribution in [0.25, 0.3) is 11.4 Å². The van der Waals surface area contributed by atoms with Crippen molar-refractivity contribution in [3.05, 3.63) is 58.3 Å². The largest absolute Gasteiger partial charge is 0.462 e. The second-order valence-electron chi connectivity index (χ2n) is 3.79. The van der Waals surface area contributed by atoms with Crippen molar-refractivity contribution >= 4 is 28.7 Å². The molecule has 0 amide bonds. The van der Waals surface area contributed by atoms with Gasteiger partial charge < -0.3 is 4.74 Å². The predicted molar refractivity (Wildman–Crippen MR) is 75.3 cm³/mol. The number of thiophene rings is 1. The van der Waals surface area contributed by atoms with Crippen molar-refractivity contribution in [2.45, 2.75) is 6.92 Å². The second-order valence-corrected chi connectivity index (χ2v) is 4.57. The van der Waals surface area contributed by atoms with E-state index < -0.39 is 11.8 Å². The molecule has 0 saturated carbocycles. The predicted octanol–water partition coefficient (Wildman–Crippen LogP) is 4.15. The summed E-state index contributed by atoms with van der Waals surface area (Å²) in [7, 11) is 0. The van der Waals surface area contributed by atoms with Crippen molar-refractivity contribution in [2.75, 3.05) is 6.61 Å². The third-order valence-corrected chi connectivity index (χ3v) is 3.22. The fourth-order valence-corrected chi connectivity index (χ4v) is 2.31. The average Bonchev–Trinajstić information content (AvgIpc) is 2.94. The summed E-state index contributed by atoms with van der Waals surface area (Å²) in [5.74, 6) is -1.19. The number of halogens is 1. The number of carbonyl (C=O) groups excluding carboxylic acids is 1. The van der Waals surface area contributed by atoms with Crippen molar-refractivity contribution in [1.29, 1.82) is 0 Å². The first kappa shape index (κ1) is 13.5. The lowest BCUT2D eigenvalue weighted by Gasteiger charge is -2.08. The van der Waals surface area contributed by atoms with Crippen molar-refractivity contribution in [3.8, 4) is 0 Å². The number of ether oxygens (including phenoxy) is 1. The number of esters is 1. The third-order valence-electron chi connectivity index (χ3n) is 2.54.